The SMILES string of the molecule is C=O.CC.CC.CC/C=C(\C=NC)C1=CC=C(c2cccc(-c3ccn(C)c3)c2)NC1CCCC1CCN(CC)C1.[HH]. The molecule has 41 heavy (non-hydrogen) atoms. The summed E-state index contributed by atoms with van der Waals surface area (Å²) in [5, 5.41) is 3.92. The molecule has 0 spiro atoms. The maximum atomic E-state index is 8.00. The summed E-state index contributed by atoms with van der Waals surface area (Å²) >= 11 is 0. The molecule has 2 aromatic rings. The van der Waals surface area contributed by atoms with Crippen LogP contribution in [0.4, 0.5) is 0 Å². The van der Waals surface area contributed by atoms with Crippen LogP contribution in [-0.4, -0.2) is 55.2 Å². The van der Waals surface area contributed by atoms with Crippen LogP contribution in [0.2, 0.25) is 0 Å². The largest absolute Gasteiger partial charge is 0.378 e. The molecule has 2 unspecified atom stereocenters. The average molecular weight is 563 g/mol. The molecule has 4 rings (SSSR count). The molecule has 2 aliphatic heterocycles. The Morgan fingerprint density at radius 3 is 2.41 bits per heavy atom. The van der Waals surface area contributed by atoms with Gasteiger partial charge in [-0.3, -0.25) is 4.99 Å². The highest BCUT2D eigenvalue weighted by Gasteiger charge is 2.24. The van der Waals surface area contributed by atoms with E-state index in [1.807, 2.05) is 47.7 Å². The highest BCUT2D eigenvalue weighted by Crippen LogP contribution is 2.30. The number of carbonyl (C=O) groups excluding carboxylic acids is 1. The van der Waals surface area contributed by atoms with E-state index in [0.717, 1.165) is 18.8 Å². The third-order valence-electron chi connectivity index (χ3n) is 7.42. The summed E-state index contributed by atoms with van der Waals surface area (Å²) in [7, 11) is 3.94. The zero-order chi connectivity index (χ0) is 30.6. The molecule has 228 valence electrons. The Hall–Kier alpha value is -3.18. The van der Waals surface area contributed by atoms with E-state index in [2.05, 4.69) is 102 Å². The van der Waals surface area contributed by atoms with Crippen LogP contribution in [0.25, 0.3) is 16.8 Å². The lowest BCUT2D eigenvalue weighted by molar-refractivity contribution is -0.0980. The van der Waals surface area contributed by atoms with Crippen molar-refractivity contribution in [3.8, 4) is 11.1 Å². The molecule has 3 heterocycles. The van der Waals surface area contributed by atoms with Crippen molar-refractivity contribution >= 4 is 18.7 Å². The van der Waals surface area contributed by atoms with E-state index < -0.39 is 0 Å². The number of dihydropyridines is 1. The number of aliphatic imine (C=N–C) groups is 1. The lowest BCUT2D eigenvalue weighted by Gasteiger charge is -2.29. The Kier molecular flexibility index (Phi) is 18.1. The van der Waals surface area contributed by atoms with Crippen LogP contribution < -0.4 is 5.32 Å². The third kappa shape index (κ3) is 11.0. The first-order valence-corrected chi connectivity index (χ1v) is 15.7. The molecule has 1 aromatic heterocycles. The number of benzene rings is 1. The van der Waals surface area contributed by atoms with Gasteiger partial charge >= 0.3 is 0 Å². The molecule has 1 fully saturated rings. The van der Waals surface area contributed by atoms with Crippen LogP contribution >= 0.6 is 0 Å². The number of hydrogen-bond donors (Lipinski definition) is 1. The van der Waals surface area contributed by atoms with Gasteiger partial charge in [-0.2, -0.15) is 0 Å². The number of aromatic nitrogens is 1. The average Bonchev–Trinajstić information content (AvgIpc) is 3.69. The minimum Gasteiger partial charge on any atom is -0.378 e. The number of hydrogen-bond acceptors (Lipinski definition) is 4. The number of likely N-dealkylation sites (tertiary alicyclic amines) is 1. The zero-order valence-corrected chi connectivity index (χ0v) is 27.1. The van der Waals surface area contributed by atoms with Gasteiger partial charge in [0, 0.05) is 46.4 Å². The summed E-state index contributed by atoms with van der Waals surface area (Å²) in [6.07, 6.45) is 19.3. The van der Waals surface area contributed by atoms with E-state index >= 15 is 0 Å². The second-order valence-corrected chi connectivity index (χ2v) is 9.98. The maximum Gasteiger partial charge on any atom is 0.106 e. The lowest BCUT2D eigenvalue weighted by Crippen LogP contribution is -2.33. The minimum atomic E-state index is 0. The molecular weight excluding hydrogens is 504 g/mol. The number of carbonyl (C=O) groups is 1. The highest BCUT2D eigenvalue weighted by atomic mass is 16.1. The van der Waals surface area contributed by atoms with Crippen molar-refractivity contribution in [1.29, 1.82) is 0 Å². The van der Waals surface area contributed by atoms with E-state index in [1.54, 1.807) is 0 Å². The van der Waals surface area contributed by atoms with Crippen LogP contribution in [0.3, 0.4) is 0 Å². The van der Waals surface area contributed by atoms with E-state index in [-0.39, 0.29) is 1.43 Å². The fourth-order valence-corrected chi connectivity index (χ4v) is 5.50. The van der Waals surface area contributed by atoms with Crippen molar-refractivity contribution in [3.05, 3.63) is 77.7 Å². The Balaban J connectivity index is 0.00000226. The number of aryl methyl sites for hydroxylation is 1. The van der Waals surface area contributed by atoms with Crippen LogP contribution in [0.1, 0.15) is 80.6 Å². The first kappa shape index (κ1) is 35.8. The Morgan fingerprint density at radius 2 is 1.80 bits per heavy atom. The number of nitrogens with zero attached hydrogens (tertiary/aromatic N) is 3. The van der Waals surface area contributed by atoms with Crippen molar-refractivity contribution in [1.82, 2.24) is 14.8 Å². The van der Waals surface area contributed by atoms with Crippen molar-refractivity contribution in [2.75, 3.05) is 26.7 Å². The molecule has 5 heteroatoms. The summed E-state index contributed by atoms with van der Waals surface area (Å²) in [5.74, 6) is 0.853. The Bertz CT molecular complexity index is 1130. The molecule has 2 aliphatic rings. The van der Waals surface area contributed by atoms with Gasteiger partial charge in [0.2, 0.25) is 0 Å². The quantitative estimate of drug-likeness (QED) is 0.295. The predicted molar refractivity (Wildman–Crippen MR) is 183 cm³/mol. The summed E-state index contributed by atoms with van der Waals surface area (Å²) in [4.78, 5) is 15.0. The maximum absolute atomic E-state index is 8.00. The second-order valence-electron chi connectivity index (χ2n) is 9.98. The second kappa shape index (κ2) is 20.7. The van der Waals surface area contributed by atoms with Gasteiger partial charge in [0.25, 0.3) is 0 Å². The number of nitrogens with one attached hydrogen (secondary N) is 1. The van der Waals surface area contributed by atoms with Crippen LogP contribution in [-0.2, 0) is 11.8 Å². The molecule has 0 aliphatic carbocycles. The van der Waals surface area contributed by atoms with Gasteiger partial charge in [-0.15, -0.1) is 0 Å². The highest BCUT2D eigenvalue weighted by molar-refractivity contribution is 5.86. The van der Waals surface area contributed by atoms with Gasteiger partial charge in [0.1, 0.15) is 6.79 Å². The van der Waals surface area contributed by atoms with Gasteiger partial charge < -0.3 is 19.6 Å². The number of rotatable bonds is 10. The van der Waals surface area contributed by atoms with Gasteiger partial charge in [0.15, 0.2) is 0 Å². The van der Waals surface area contributed by atoms with E-state index in [1.165, 1.54) is 72.4 Å². The Morgan fingerprint density at radius 1 is 1.07 bits per heavy atom. The molecule has 0 saturated carbocycles. The normalized spacial score (nSPS) is 18.6. The Labute approximate surface area is 252 Å². The molecule has 2 atom stereocenters. The predicted octanol–water partition coefficient (Wildman–Crippen LogP) is 8.59. The first-order valence-electron chi connectivity index (χ1n) is 15.7. The van der Waals surface area contributed by atoms with Gasteiger partial charge in [-0.1, -0.05) is 78.3 Å². The fraction of sp³-hybridized carbons (Fsp3) is 0.500. The van der Waals surface area contributed by atoms with Crippen molar-refractivity contribution in [2.24, 2.45) is 18.0 Å². The lowest BCUT2D eigenvalue weighted by atomic mass is 9.89. The summed E-state index contributed by atoms with van der Waals surface area (Å²) < 4.78 is 2.10. The third-order valence-corrected chi connectivity index (χ3v) is 7.42. The fourth-order valence-electron chi connectivity index (χ4n) is 5.50. The molecule has 5 nitrogen and oxygen atoms in total. The van der Waals surface area contributed by atoms with Crippen LogP contribution in [0, 0.1) is 5.92 Å². The molecule has 1 saturated heterocycles. The molecule has 0 radical (unpaired) electrons. The standard InChI is InChI=1S/C31H42N4.2C2H6.CH2O.H2/c1-5-9-27(21-32-3)29-14-15-30(26-12-8-11-25(20-26)28-17-18-34(4)23-28)33-31(29)13-7-10-24-16-19-35(6-2)22-24;3*1-2;/h8-9,11-12,14-15,17-18,20-21,23-24,31,33H,5-7,10,13,16,19,22H2,1-4H3;2*1-2H3;1H2;1H/b27-9+,32-21?;;;;. The van der Waals surface area contributed by atoms with Crippen LogP contribution in [0.15, 0.2) is 77.1 Å². The minimum absolute atomic E-state index is 0. The molecular formula is C36H58N4O. The molecule has 1 N–H and O–H groups in total. The van der Waals surface area contributed by atoms with Gasteiger partial charge in [-0.05, 0) is 90.7 Å². The topological polar surface area (TPSA) is 49.6 Å². The molecule has 1 aromatic carbocycles. The van der Waals surface area contributed by atoms with E-state index in [9.17, 15) is 0 Å². The first-order chi connectivity index (χ1) is 20.1. The molecule has 0 amide bonds. The smallest absolute Gasteiger partial charge is 0.106 e. The summed E-state index contributed by atoms with van der Waals surface area (Å²) in [5.41, 5.74) is 7.57. The van der Waals surface area contributed by atoms with Crippen molar-refractivity contribution < 1.29 is 6.22 Å². The summed E-state index contributed by atoms with van der Waals surface area (Å²) in [6.45, 7) is 18.2. The van der Waals surface area contributed by atoms with Gasteiger partial charge in [-0.25, -0.2) is 0 Å². The zero-order valence-electron chi connectivity index (χ0n) is 27.1. The van der Waals surface area contributed by atoms with Crippen molar-refractivity contribution in [2.45, 2.75) is 79.7 Å². The monoisotopic (exact) mass is 562 g/mol. The van der Waals surface area contributed by atoms with E-state index in [4.69, 9.17) is 4.79 Å². The van der Waals surface area contributed by atoms with Crippen LogP contribution in [0.5, 0.6) is 0 Å². The van der Waals surface area contributed by atoms with Gasteiger partial charge in [0.05, 0.1) is 6.04 Å². The summed E-state index contributed by atoms with van der Waals surface area (Å²) in [6, 6.07) is 11.4. The molecule has 0 bridgehead atoms. The van der Waals surface area contributed by atoms with Crippen molar-refractivity contribution in [3.63, 3.8) is 0 Å². The van der Waals surface area contributed by atoms with E-state index in [0.29, 0.717) is 6.04 Å². The number of allylic oxidation sites excluding steroid dienone is 3.